The molecule has 6 nitrogen and oxygen atoms in total. The van der Waals surface area contributed by atoms with Crippen LogP contribution in [0.1, 0.15) is 37.5 Å². The Morgan fingerprint density at radius 1 is 1.30 bits per heavy atom. The lowest BCUT2D eigenvalue weighted by molar-refractivity contribution is -0.143. The van der Waals surface area contributed by atoms with E-state index < -0.39 is 11.9 Å². The lowest BCUT2D eigenvalue weighted by atomic mass is 9.79. The molecule has 1 fully saturated rings. The van der Waals surface area contributed by atoms with Gasteiger partial charge in [-0.3, -0.25) is 9.78 Å². The second-order valence-corrected chi connectivity index (χ2v) is 5.01. The van der Waals surface area contributed by atoms with E-state index in [9.17, 15) is 9.90 Å². The predicted octanol–water partition coefficient (Wildman–Crippen LogP) is 2.49. The number of aliphatic carboxylic acids is 1. The summed E-state index contributed by atoms with van der Waals surface area (Å²) in [5, 5.41) is 13.2. The van der Waals surface area contributed by atoms with Gasteiger partial charge in [0, 0.05) is 6.20 Å². The fourth-order valence-electron chi connectivity index (χ4n) is 2.71. The number of pyridine rings is 1. The summed E-state index contributed by atoms with van der Waals surface area (Å²) in [6.07, 6.45) is 5.04. The summed E-state index contributed by atoms with van der Waals surface area (Å²) >= 11 is 0. The topological polar surface area (TPSA) is 89.1 Å². The smallest absolute Gasteiger partial charge is 0.307 e. The monoisotopic (exact) mass is 273 g/mol. The van der Waals surface area contributed by atoms with Gasteiger partial charge in [0.2, 0.25) is 11.7 Å². The van der Waals surface area contributed by atoms with Crippen molar-refractivity contribution in [2.45, 2.75) is 31.6 Å². The summed E-state index contributed by atoms with van der Waals surface area (Å²) in [5.41, 5.74) is 0.630. The highest BCUT2D eigenvalue weighted by atomic mass is 16.5. The second kappa shape index (κ2) is 5.40. The number of carboxylic acid groups (broad SMARTS) is 1. The standard InChI is InChI=1S/C14H15N3O3/c18-14(19)10-6-2-1-5-9(10)13-16-12(17-20-13)11-7-3-4-8-15-11/h3-4,7-10H,1-2,5-6H2,(H,18,19). The van der Waals surface area contributed by atoms with Crippen LogP contribution in [0, 0.1) is 5.92 Å². The van der Waals surface area contributed by atoms with Crippen LogP contribution in [-0.4, -0.2) is 26.2 Å². The summed E-state index contributed by atoms with van der Waals surface area (Å²) in [7, 11) is 0. The number of carbonyl (C=O) groups is 1. The van der Waals surface area contributed by atoms with Gasteiger partial charge >= 0.3 is 5.97 Å². The molecule has 2 aromatic rings. The first-order valence-corrected chi connectivity index (χ1v) is 6.73. The van der Waals surface area contributed by atoms with Crippen LogP contribution in [0.5, 0.6) is 0 Å². The van der Waals surface area contributed by atoms with Gasteiger partial charge in [-0.1, -0.05) is 24.1 Å². The van der Waals surface area contributed by atoms with Crippen molar-refractivity contribution in [2.24, 2.45) is 5.92 Å². The van der Waals surface area contributed by atoms with E-state index >= 15 is 0 Å². The van der Waals surface area contributed by atoms with Crippen LogP contribution in [0.25, 0.3) is 11.5 Å². The van der Waals surface area contributed by atoms with Crippen molar-refractivity contribution in [3.8, 4) is 11.5 Å². The number of aromatic nitrogens is 3. The Balaban J connectivity index is 1.87. The summed E-state index contributed by atoms with van der Waals surface area (Å²) in [6, 6.07) is 5.45. The zero-order chi connectivity index (χ0) is 13.9. The molecule has 0 amide bonds. The summed E-state index contributed by atoms with van der Waals surface area (Å²) < 4.78 is 5.27. The molecule has 0 spiro atoms. The maximum atomic E-state index is 11.3. The number of rotatable bonds is 3. The highest BCUT2D eigenvalue weighted by Gasteiger charge is 2.35. The largest absolute Gasteiger partial charge is 0.481 e. The third kappa shape index (κ3) is 2.41. The molecule has 6 heteroatoms. The third-order valence-electron chi connectivity index (χ3n) is 3.74. The molecule has 1 aliphatic carbocycles. The summed E-state index contributed by atoms with van der Waals surface area (Å²) in [4.78, 5) is 19.8. The first-order chi connectivity index (χ1) is 9.75. The summed E-state index contributed by atoms with van der Waals surface area (Å²) in [6.45, 7) is 0. The van der Waals surface area contributed by atoms with Crippen molar-refractivity contribution in [3.05, 3.63) is 30.3 Å². The number of nitrogens with zero attached hydrogens (tertiary/aromatic N) is 3. The van der Waals surface area contributed by atoms with Gasteiger partial charge < -0.3 is 9.63 Å². The average Bonchev–Trinajstić information content (AvgIpc) is 2.98. The van der Waals surface area contributed by atoms with Crippen LogP contribution in [0.3, 0.4) is 0 Å². The number of carboxylic acids is 1. The van der Waals surface area contributed by atoms with E-state index in [-0.39, 0.29) is 5.92 Å². The quantitative estimate of drug-likeness (QED) is 0.924. The number of hydrogen-bond acceptors (Lipinski definition) is 5. The van der Waals surface area contributed by atoms with Gasteiger partial charge in [-0.25, -0.2) is 0 Å². The van der Waals surface area contributed by atoms with E-state index in [1.54, 1.807) is 12.3 Å². The zero-order valence-corrected chi connectivity index (χ0v) is 10.9. The highest BCUT2D eigenvalue weighted by Crippen LogP contribution is 2.37. The second-order valence-electron chi connectivity index (χ2n) is 5.01. The van der Waals surface area contributed by atoms with Gasteiger partial charge in [0.15, 0.2) is 0 Å². The molecule has 104 valence electrons. The van der Waals surface area contributed by atoms with Gasteiger partial charge in [0.25, 0.3) is 0 Å². The molecule has 20 heavy (non-hydrogen) atoms. The Morgan fingerprint density at radius 2 is 2.15 bits per heavy atom. The van der Waals surface area contributed by atoms with E-state index in [1.165, 1.54) is 0 Å². The molecule has 1 saturated carbocycles. The maximum absolute atomic E-state index is 11.3. The Bertz CT molecular complexity index is 597. The van der Waals surface area contributed by atoms with Crippen molar-refractivity contribution in [3.63, 3.8) is 0 Å². The molecule has 2 atom stereocenters. The normalized spacial score (nSPS) is 22.6. The molecule has 0 aromatic carbocycles. The van der Waals surface area contributed by atoms with Gasteiger partial charge in [0.05, 0.1) is 11.8 Å². The molecule has 1 aliphatic rings. The molecule has 1 N–H and O–H groups in total. The van der Waals surface area contributed by atoms with E-state index in [0.29, 0.717) is 23.8 Å². The van der Waals surface area contributed by atoms with Crippen LogP contribution in [0.4, 0.5) is 0 Å². The third-order valence-corrected chi connectivity index (χ3v) is 3.74. The van der Waals surface area contributed by atoms with Crippen LogP contribution < -0.4 is 0 Å². The molecule has 2 unspecified atom stereocenters. The lowest BCUT2D eigenvalue weighted by Gasteiger charge is -2.25. The molecular weight excluding hydrogens is 258 g/mol. The van der Waals surface area contributed by atoms with Gasteiger partial charge in [-0.2, -0.15) is 4.98 Å². The highest BCUT2D eigenvalue weighted by molar-refractivity contribution is 5.71. The fourth-order valence-corrected chi connectivity index (χ4v) is 2.71. The Morgan fingerprint density at radius 3 is 2.90 bits per heavy atom. The first kappa shape index (κ1) is 12.8. The lowest BCUT2D eigenvalue weighted by Crippen LogP contribution is -2.25. The van der Waals surface area contributed by atoms with Crippen LogP contribution in [-0.2, 0) is 4.79 Å². The summed E-state index contributed by atoms with van der Waals surface area (Å²) in [5.74, 6) is -0.577. The van der Waals surface area contributed by atoms with E-state index in [2.05, 4.69) is 15.1 Å². The van der Waals surface area contributed by atoms with Crippen LogP contribution in [0.15, 0.2) is 28.9 Å². The SMILES string of the molecule is O=C(O)C1CCCCC1c1nc(-c2ccccn2)no1. The van der Waals surface area contributed by atoms with Crippen molar-refractivity contribution >= 4 is 5.97 Å². The minimum atomic E-state index is -0.785. The Hall–Kier alpha value is -2.24. The minimum Gasteiger partial charge on any atom is -0.481 e. The molecule has 2 heterocycles. The molecule has 0 aliphatic heterocycles. The fraction of sp³-hybridized carbons (Fsp3) is 0.429. The molecule has 2 aromatic heterocycles. The molecule has 0 saturated heterocycles. The average molecular weight is 273 g/mol. The predicted molar refractivity (Wildman–Crippen MR) is 69.9 cm³/mol. The maximum Gasteiger partial charge on any atom is 0.307 e. The van der Waals surface area contributed by atoms with Crippen molar-refractivity contribution in [1.29, 1.82) is 0 Å². The van der Waals surface area contributed by atoms with Gasteiger partial charge in [-0.05, 0) is 25.0 Å². The van der Waals surface area contributed by atoms with E-state index in [1.807, 2.05) is 12.1 Å². The molecule has 0 radical (unpaired) electrons. The van der Waals surface area contributed by atoms with Crippen LogP contribution >= 0.6 is 0 Å². The Kier molecular flexibility index (Phi) is 3.45. The number of hydrogen-bond donors (Lipinski definition) is 1. The van der Waals surface area contributed by atoms with E-state index in [0.717, 1.165) is 19.3 Å². The molecular formula is C14H15N3O3. The first-order valence-electron chi connectivity index (χ1n) is 6.73. The van der Waals surface area contributed by atoms with Crippen molar-refractivity contribution in [2.75, 3.05) is 0 Å². The zero-order valence-electron chi connectivity index (χ0n) is 10.9. The Labute approximate surface area is 115 Å². The van der Waals surface area contributed by atoms with Crippen LogP contribution in [0.2, 0.25) is 0 Å². The van der Waals surface area contributed by atoms with Gasteiger partial charge in [0.1, 0.15) is 5.69 Å². The minimum absolute atomic E-state index is 0.189. The van der Waals surface area contributed by atoms with Gasteiger partial charge in [-0.15, -0.1) is 0 Å². The van der Waals surface area contributed by atoms with Crippen molar-refractivity contribution < 1.29 is 14.4 Å². The van der Waals surface area contributed by atoms with Crippen molar-refractivity contribution in [1.82, 2.24) is 15.1 Å². The molecule has 3 rings (SSSR count). The van der Waals surface area contributed by atoms with E-state index in [4.69, 9.17) is 4.52 Å². The molecule has 0 bridgehead atoms.